The molecular formula is C25H35N11O5. The number of nitrogens with zero attached hydrogens (tertiary/aromatic N) is 8. The second-order valence-corrected chi connectivity index (χ2v) is 10.8. The van der Waals surface area contributed by atoms with Gasteiger partial charge in [0.25, 0.3) is 12.9 Å². The smallest absolute Gasteiger partial charge is 0.293 e. The fraction of sp³-hybridized carbons (Fsp3) is 0.680. The highest BCUT2D eigenvalue weighted by molar-refractivity contribution is 5.84. The average molecular weight is 570 g/mol. The maximum Gasteiger partial charge on any atom is 0.293 e. The molecular weight excluding hydrogens is 534 g/mol. The van der Waals surface area contributed by atoms with Gasteiger partial charge < -0.3 is 30.6 Å². The number of aryl methyl sites for hydroxylation is 1. The maximum absolute atomic E-state index is 11.6. The van der Waals surface area contributed by atoms with Gasteiger partial charge in [0, 0.05) is 18.1 Å². The molecule has 0 bridgehead atoms. The number of ether oxygens (including phenoxy) is 3. The standard InChI is InChI=1S/C25H35N11O5/c1-2-36-33-22(32-34-36)19-18(39-12-37)20(40-13-38)24(41-19)35-11-27-17-21(28-15-5-3-4-6-15)30-25(31-23(17)35)29-16-9-7-14(26)8-10-16/h11-16,18-20,24H,2-10,26H2,1H3,(H2,28,29,30,31)/t14?,16?,18-,19-,20+,24+/m0/s1. The van der Waals surface area contributed by atoms with E-state index in [0.717, 1.165) is 51.4 Å². The molecule has 0 unspecified atom stereocenters. The maximum atomic E-state index is 11.6. The van der Waals surface area contributed by atoms with Gasteiger partial charge in [0.2, 0.25) is 11.8 Å². The highest BCUT2D eigenvalue weighted by atomic mass is 16.6. The molecule has 4 N–H and O–H groups in total. The van der Waals surface area contributed by atoms with Crippen molar-refractivity contribution in [3.05, 3.63) is 12.2 Å². The summed E-state index contributed by atoms with van der Waals surface area (Å²) in [5, 5.41) is 19.4. The zero-order valence-corrected chi connectivity index (χ0v) is 22.8. The van der Waals surface area contributed by atoms with E-state index in [1.807, 2.05) is 6.92 Å². The van der Waals surface area contributed by atoms with Crippen LogP contribution < -0.4 is 16.4 Å². The molecule has 6 rings (SSSR count). The molecule has 3 aromatic heterocycles. The summed E-state index contributed by atoms with van der Waals surface area (Å²) >= 11 is 0. The SMILES string of the molecule is CCn1nnc([C@H]2O[C@@H](n3cnc4c(NC5CCCC5)nc(NC5CCC(N)CC5)nc43)[C@H](OC=O)[C@H]2OC=O)n1. The third-order valence-corrected chi connectivity index (χ3v) is 8.12. The number of rotatable bonds is 11. The van der Waals surface area contributed by atoms with Crippen molar-refractivity contribution in [1.29, 1.82) is 0 Å². The van der Waals surface area contributed by atoms with Crippen molar-refractivity contribution in [3.8, 4) is 0 Å². The summed E-state index contributed by atoms with van der Waals surface area (Å²) in [4.78, 5) is 38.7. The summed E-state index contributed by atoms with van der Waals surface area (Å²) in [7, 11) is 0. The topological polar surface area (TPSA) is 199 Å². The predicted octanol–water partition coefficient (Wildman–Crippen LogP) is 1.22. The lowest BCUT2D eigenvalue weighted by Gasteiger charge is -2.27. The number of imidazole rings is 1. The molecule has 4 atom stereocenters. The van der Waals surface area contributed by atoms with Crippen LogP contribution >= 0.6 is 0 Å². The Hall–Kier alpha value is -3.92. The third kappa shape index (κ3) is 5.53. The molecule has 3 fully saturated rings. The summed E-state index contributed by atoms with van der Waals surface area (Å²) in [5.41, 5.74) is 7.13. The Kier molecular flexibility index (Phi) is 7.91. The molecule has 1 aliphatic heterocycles. The normalized spacial score (nSPS) is 28.5. The van der Waals surface area contributed by atoms with Gasteiger partial charge in [0.15, 0.2) is 41.5 Å². The van der Waals surface area contributed by atoms with Crippen LogP contribution in [0.15, 0.2) is 6.33 Å². The molecule has 220 valence electrons. The second-order valence-electron chi connectivity index (χ2n) is 10.8. The first-order chi connectivity index (χ1) is 20.1. The van der Waals surface area contributed by atoms with E-state index in [-0.39, 0.29) is 30.4 Å². The summed E-state index contributed by atoms with van der Waals surface area (Å²) in [6.07, 6.45) is 5.71. The van der Waals surface area contributed by atoms with Crippen LogP contribution in [0.4, 0.5) is 11.8 Å². The molecule has 1 saturated heterocycles. The van der Waals surface area contributed by atoms with Crippen molar-refractivity contribution in [1.82, 2.24) is 39.7 Å². The van der Waals surface area contributed by atoms with Gasteiger partial charge in [-0.1, -0.05) is 12.8 Å². The minimum absolute atomic E-state index is 0.193. The Morgan fingerprint density at radius 1 is 1.02 bits per heavy atom. The number of fused-ring (bicyclic) bond motifs is 1. The van der Waals surface area contributed by atoms with E-state index >= 15 is 0 Å². The number of carbonyl (C=O) groups excluding carboxylic acids is 2. The zero-order chi connectivity index (χ0) is 28.3. The van der Waals surface area contributed by atoms with Crippen LogP contribution in [0.1, 0.15) is 76.4 Å². The number of tetrazole rings is 1. The second kappa shape index (κ2) is 11.9. The summed E-state index contributed by atoms with van der Waals surface area (Å²) in [6.45, 7) is 2.93. The fourth-order valence-electron chi connectivity index (χ4n) is 5.97. The lowest BCUT2D eigenvalue weighted by Crippen LogP contribution is -2.34. The van der Waals surface area contributed by atoms with Crippen LogP contribution in [0, 0.1) is 0 Å². The molecule has 0 aromatic carbocycles. The van der Waals surface area contributed by atoms with Crippen LogP contribution in [0.5, 0.6) is 0 Å². The van der Waals surface area contributed by atoms with E-state index in [9.17, 15) is 9.59 Å². The zero-order valence-electron chi connectivity index (χ0n) is 22.8. The van der Waals surface area contributed by atoms with E-state index in [1.54, 1.807) is 10.9 Å². The Morgan fingerprint density at radius 3 is 2.46 bits per heavy atom. The molecule has 0 spiro atoms. The average Bonchev–Trinajstić information content (AvgIpc) is 3.78. The number of hydrogen-bond donors (Lipinski definition) is 3. The van der Waals surface area contributed by atoms with Crippen molar-refractivity contribution in [2.75, 3.05) is 10.6 Å². The van der Waals surface area contributed by atoms with Gasteiger partial charge in [-0.2, -0.15) is 14.8 Å². The van der Waals surface area contributed by atoms with Crippen molar-refractivity contribution < 1.29 is 23.8 Å². The number of anilines is 2. The number of hydrogen-bond acceptors (Lipinski definition) is 14. The fourth-order valence-corrected chi connectivity index (χ4v) is 5.97. The van der Waals surface area contributed by atoms with Gasteiger partial charge in [-0.25, -0.2) is 4.98 Å². The van der Waals surface area contributed by atoms with Gasteiger partial charge in [0.05, 0.1) is 12.9 Å². The minimum Gasteiger partial charge on any atom is -0.457 e. The van der Waals surface area contributed by atoms with Crippen molar-refractivity contribution >= 4 is 35.9 Å². The Bertz CT molecular complexity index is 1350. The number of nitrogens with one attached hydrogen (secondary N) is 2. The van der Waals surface area contributed by atoms with E-state index in [2.05, 4.69) is 31.0 Å². The molecule has 16 nitrogen and oxygen atoms in total. The van der Waals surface area contributed by atoms with Crippen molar-refractivity contribution in [3.63, 3.8) is 0 Å². The van der Waals surface area contributed by atoms with E-state index in [0.29, 0.717) is 35.9 Å². The predicted molar refractivity (Wildman–Crippen MR) is 143 cm³/mol. The monoisotopic (exact) mass is 569 g/mol. The third-order valence-electron chi connectivity index (χ3n) is 8.12. The van der Waals surface area contributed by atoms with Gasteiger partial charge >= 0.3 is 0 Å². The highest BCUT2D eigenvalue weighted by Gasteiger charge is 2.52. The highest BCUT2D eigenvalue weighted by Crippen LogP contribution is 2.42. The van der Waals surface area contributed by atoms with Gasteiger partial charge in [-0.05, 0) is 50.7 Å². The first kappa shape index (κ1) is 27.3. The molecule has 4 heterocycles. The molecule has 0 radical (unpaired) electrons. The van der Waals surface area contributed by atoms with Crippen molar-refractivity contribution in [2.24, 2.45) is 5.73 Å². The molecule has 3 aliphatic rings. The van der Waals surface area contributed by atoms with Gasteiger partial charge in [-0.3, -0.25) is 14.2 Å². The first-order valence-corrected chi connectivity index (χ1v) is 14.2. The Morgan fingerprint density at radius 2 is 1.76 bits per heavy atom. The molecule has 3 aromatic rings. The quantitative estimate of drug-likeness (QED) is 0.278. The van der Waals surface area contributed by atoms with E-state index in [4.69, 9.17) is 29.9 Å². The largest absolute Gasteiger partial charge is 0.457 e. The van der Waals surface area contributed by atoms with E-state index in [1.165, 1.54) is 4.80 Å². The van der Waals surface area contributed by atoms with Crippen LogP contribution in [0.2, 0.25) is 0 Å². The number of aromatic nitrogens is 8. The molecule has 2 saturated carbocycles. The molecule has 0 amide bonds. The number of nitrogens with two attached hydrogens (primary N) is 1. The van der Waals surface area contributed by atoms with Crippen LogP contribution in [-0.4, -0.2) is 83.0 Å². The summed E-state index contributed by atoms with van der Waals surface area (Å²) < 4.78 is 18.8. The summed E-state index contributed by atoms with van der Waals surface area (Å²) in [6, 6.07) is 0.697. The molecule has 2 aliphatic carbocycles. The Balaban J connectivity index is 1.38. The molecule has 16 heteroatoms. The van der Waals surface area contributed by atoms with Gasteiger partial charge in [-0.15, -0.1) is 10.2 Å². The first-order valence-electron chi connectivity index (χ1n) is 14.2. The van der Waals surface area contributed by atoms with Crippen LogP contribution in [0.25, 0.3) is 11.2 Å². The van der Waals surface area contributed by atoms with Gasteiger partial charge in [0.1, 0.15) is 0 Å². The number of carbonyl (C=O) groups is 2. The minimum atomic E-state index is -1.04. The van der Waals surface area contributed by atoms with Crippen LogP contribution in [0.3, 0.4) is 0 Å². The lowest BCUT2D eigenvalue weighted by molar-refractivity contribution is -0.151. The Labute approximate surface area is 235 Å². The lowest BCUT2D eigenvalue weighted by atomic mass is 9.92. The summed E-state index contributed by atoms with van der Waals surface area (Å²) in [5.74, 6) is 1.27. The van der Waals surface area contributed by atoms with Crippen LogP contribution in [-0.2, 0) is 30.3 Å². The molecule has 41 heavy (non-hydrogen) atoms. The van der Waals surface area contributed by atoms with E-state index < -0.39 is 24.5 Å². The van der Waals surface area contributed by atoms with Crippen molar-refractivity contribution in [2.45, 2.75) is 108 Å².